The predicted molar refractivity (Wildman–Crippen MR) is 351 cm³/mol. The molecular weight excluding hydrogens is 1240 g/mol. The number of unbranched alkanes of at least 4 members (excludes halogenated alkanes) is 3. The van der Waals surface area contributed by atoms with Gasteiger partial charge in [0.15, 0.2) is 0 Å². The van der Waals surface area contributed by atoms with E-state index in [0.717, 1.165) is 19.3 Å². The summed E-state index contributed by atoms with van der Waals surface area (Å²) in [6.45, 7) is 9.52. The van der Waals surface area contributed by atoms with Crippen molar-refractivity contribution in [2.24, 2.45) is 34.6 Å². The predicted octanol–water partition coefficient (Wildman–Crippen LogP) is -5.95. The number of benzene rings is 1. The second-order valence-corrected chi connectivity index (χ2v) is 23.8. The molecule has 0 bridgehead atoms. The molecule has 1 aliphatic heterocycles. The first kappa shape index (κ1) is 83.6. The van der Waals surface area contributed by atoms with Gasteiger partial charge in [0.2, 0.25) is 70.9 Å². The first-order valence-electron chi connectivity index (χ1n) is 33.0. The van der Waals surface area contributed by atoms with Crippen LogP contribution in [0.4, 0.5) is 0 Å². The molecule has 1 aromatic rings. The summed E-state index contributed by atoms with van der Waals surface area (Å²) in [7, 11) is 0. The Bertz CT molecular complexity index is 2570. The van der Waals surface area contributed by atoms with E-state index in [9.17, 15) is 67.7 Å². The lowest BCUT2D eigenvalue weighted by atomic mass is 10.00. The standard InChI is InChI=1S/C62H109N17O16/c1-7-9-10-14-17-40(69-49(82)24-31-95-33-32-94-8-2)52(83)71-45(22-29-67)58(89)79-51(38(6)81)62(93)75-43(20-27-65)54(85)74-46-23-30-68-61(92)50(37(5)80)78-57(88)44(21-28-66)72-53(84)41(18-25-63)73-59(90)47(34-36(3)4)76-60(91)48(35-39-15-12-11-13-16-39)77-55(86)42(19-26-64)70-56(46)87/h11-13,15-16,36-38,40-48,50-51,80-81H,7-10,14,17-35,63-67H2,1-6H3,(H,68,92)(H,69,82)(H,70,87)(H,71,83)(H,72,84)(H,73,90)(H,74,85)(H,75,93)(H,76,91)(H,77,86)(H,78,88)(H,79,89)/t37-,38-,40+,41+,42+,43+,44+,45+,46+,47+,48-,50+,51+/m1/s1. The smallest absolute Gasteiger partial charge is 0.245 e. The lowest BCUT2D eigenvalue weighted by Crippen LogP contribution is -2.62. The van der Waals surface area contributed by atoms with E-state index in [4.69, 9.17) is 38.1 Å². The lowest BCUT2D eigenvalue weighted by Gasteiger charge is -2.29. The van der Waals surface area contributed by atoms with Crippen LogP contribution >= 0.6 is 0 Å². The van der Waals surface area contributed by atoms with Crippen molar-refractivity contribution in [1.29, 1.82) is 0 Å². The fourth-order valence-corrected chi connectivity index (χ4v) is 9.98. The molecule has 24 N–H and O–H groups in total. The van der Waals surface area contributed by atoms with E-state index in [2.05, 4.69) is 63.8 Å². The third-order valence-corrected chi connectivity index (χ3v) is 15.2. The van der Waals surface area contributed by atoms with Gasteiger partial charge in [0.1, 0.15) is 66.5 Å². The van der Waals surface area contributed by atoms with Crippen LogP contribution in [0.25, 0.3) is 0 Å². The van der Waals surface area contributed by atoms with Gasteiger partial charge in [-0.1, -0.05) is 76.8 Å². The minimum absolute atomic E-state index is 0.0307. The van der Waals surface area contributed by atoms with Gasteiger partial charge in [0.25, 0.3) is 0 Å². The van der Waals surface area contributed by atoms with Crippen molar-refractivity contribution in [3.05, 3.63) is 35.9 Å². The Morgan fingerprint density at radius 1 is 0.537 bits per heavy atom. The molecule has 12 amide bonds. The van der Waals surface area contributed by atoms with E-state index < -0.39 is 163 Å². The monoisotopic (exact) mass is 1350 g/mol. The highest BCUT2D eigenvalue weighted by atomic mass is 16.5. The number of nitrogens with one attached hydrogen (secondary N) is 12. The first-order valence-corrected chi connectivity index (χ1v) is 33.0. The zero-order valence-corrected chi connectivity index (χ0v) is 55.9. The summed E-state index contributed by atoms with van der Waals surface area (Å²) in [5, 5.41) is 52.6. The van der Waals surface area contributed by atoms with E-state index in [-0.39, 0.29) is 110 Å². The average Bonchev–Trinajstić information content (AvgIpc) is 1.13. The summed E-state index contributed by atoms with van der Waals surface area (Å²) in [4.78, 5) is 169. The second kappa shape index (κ2) is 46.6. The van der Waals surface area contributed by atoms with Crippen molar-refractivity contribution in [1.82, 2.24) is 63.8 Å². The molecule has 1 aliphatic rings. The summed E-state index contributed by atoms with van der Waals surface area (Å²) in [5.41, 5.74) is 30.1. The number of nitrogens with two attached hydrogens (primary N) is 5. The van der Waals surface area contributed by atoms with Crippen LogP contribution in [0.5, 0.6) is 0 Å². The zero-order valence-electron chi connectivity index (χ0n) is 55.9. The molecule has 1 fully saturated rings. The van der Waals surface area contributed by atoms with Crippen molar-refractivity contribution < 1.29 is 77.2 Å². The lowest BCUT2D eigenvalue weighted by molar-refractivity contribution is -0.137. The van der Waals surface area contributed by atoms with Crippen molar-refractivity contribution in [2.75, 3.05) is 65.7 Å². The molecule has 538 valence electrons. The topological polar surface area (TPSA) is 538 Å². The molecule has 1 saturated heterocycles. The number of hydrogen-bond acceptors (Lipinski definition) is 21. The number of carbonyl (C=O) groups excluding carboxylic acids is 12. The van der Waals surface area contributed by atoms with Gasteiger partial charge in [-0.3, -0.25) is 57.5 Å². The van der Waals surface area contributed by atoms with Gasteiger partial charge in [-0.25, -0.2) is 0 Å². The molecule has 1 heterocycles. The second-order valence-electron chi connectivity index (χ2n) is 23.8. The third-order valence-electron chi connectivity index (χ3n) is 15.2. The highest BCUT2D eigenvalue weighted by Crippen LogP contribution is 2.13. The molecule has 0 radical (unpaired) electrons. The molecule has 13 atom stereocenters. The number of hydrogen-bond donors (Lipinski definition) is 19. The summed E-state index contributed by atoms with van der Waals surface area (Å²) in [6.07, 6.45) is -1.68. The van der Waals surface area contributed by atoms with Gasteiger partial charge < -0.3 is 112 Å². The molecule has 0 aliphatic carbocycles. The fourth-order valence-electron chi connectivity index (χ4n) is 9.98. The first-order chi connectivity index (χ1) is 45.3. The fraction of sp³-hybridized carbons (Fsp3) is 0.710. The summed E-state index contributed by atoms with van der Waals surface area (Å²) < 4.78 is 10.7. The Morgan fingerprint density at radius 3 is 1.57 bits per heavy atom. The van der Waals surface area contributed by atoms with Crippen molar-refractivity contribution in [3.8, 4) is 0 Å². The zero-order chi connectivity index (χ0) is 71.0. The van der Waals surface area contributed by atoms with E-state index >= 15 is 0 Å². The van der Waals surface area contributed by atoms with Gasteiger partial charge in [-0.05, 0) is 116 Å². The van der Waals surface area contributed by atoms with Gasteiger partial charge in [0, 0.05) is 26.0 Å². The summed E-state index contributed by atoms with van der Waals surface area (Å²) in [6, 6.07) is -7.90. The van der Waals surface area contributed by atoms with Crippen LogP contribution in [0, 0.1) is 5.92 Å². The minimum Gasteiger partial charge on any atom is -0.391 e. The van der Waals surface area contributed by atoms with E-state index in [1.54, 1.807) is 44.2 Å². The number of ether oxygens (including phenoxy) is 2. The Kier molecular flexibility index (Phi) is 41.0. The van der Waals surface area contributed by atoms with Crippen LogP contribution in [0.3, 0.4) is 0 Å². The number of aliphatic hydroxyl groups excluding tert-OH is 2. The number of aliphatic hydroxyl groups is 2. The Hall–Kier alpha value is -7.50. The minimum atomic E-state index is -1.81. The molecule has 95 heavy (non-hydrogen) atoms. The number of carbonyl (C=O) groups is 12. The maximum Gasteiger partial charge on any atom is 0.245 e. The Morgan fingerprint density at radius 2 is 1.03 bits per heavy atom. The highest BCUT2D eigenvalue weighted by molar-refractivity contribution is 5.99. The largest absolute Gasteiger partial charge is 0.391 e. The van der Waals surface area contributed by atoms with Crippen LogP contribution in [0.1, 0.15) is 131 Å². The molecule has 1 aromatic carbocycles. The van der Waals surface area contributed by atoms with Gasteiger partial charge in [-0.2, -0.15) is 0 Å². The van der Waals surface area contributed by atoms with Gasteiger partial charge in [-0.15, -0.1) is 0 Å². The van der Waals surface area contributed by atoms with E-state index in [1.165, 1.54) is 13.8 Å². The quantitative estimate of drug-likeness (QED) is 0.0276. The molecule has 0 saturated carbocycles. The highest BCUT2D eigenvalue weighted by Gasteiger charge is 2.38. The SMILES string of the molecule is CCCCCC[C@H](NC(=O)CCOCCOCC)C(=O)N[C@@H](CCN)C(=O)N[C@H](C(=O)N[C@@H](CCN)C(=O)N[C@H]1CCNC(=O)[C@H]([C@@H](C)O)NC(=O)[C@H](CCN)NC(=O)[C@H](CCN)NC(=O)[C@H](CC(C)C)NC(=O)[C@@H](Cc2ccccc2)NC(=O)[C@H](CCN)NC1=O)[C@@H](C)O. The Labute approximate surface area is 556 Å². The van der Waals surface area contributed by atoms with E-state index in [1.807, 2.05) is 13.8 Å². The van der Waals surface area contributed by atoms with Gasteiger partial charge in [0.05, 0.1) is 32.0 Å². The Balaban J connectivity index is 2.65. The summed E-state index contributed by atoms with van der Waals surface area (Å²) in [5.74, 6) is -11.1. The molecule has 0 spiro atoms. The average molecular weight is 1350 g/mol. The summed E-state index contributed by atoms with van der Waals surface area (Å²) >= 11 is 0. The third kappa shape index (κ3) is 31.7. The van der Waals surface area contributed by atoms with Crippen molar-refractivity contribution >= 4 is 70.9 Å². The van der Waals surface area contributed by atoms with Gasteiger partial charge >= 0.3 is 0 Å². The number of amides is 12. The van der Waals surface area contributed by atoms with Crippen LogP contribution < -0.4 is 92.5 Å². The van der Waals surface area contributed by atoms with Crippen LogP contribution in [0.15, 0.2) is 30.3 Å². The molecule has 0 unspecified atom stereocenters. The molecule has 33 nitrogen and oxygen atoms in total. The van der Waals surface area contributed by atoms with Crippen LogP contribution in [-0.2, 0) is 73.4 Å². The maximum atomic E-state index is 14.7. The number of rotatable bonds is 37. The van der Waals surface area contributed by atoms with Crippen LogP contribution in [-0.4, -0.2) is 225 Å². The molecule has 0 aromatic heterocycles. The molecule has 33 heteroatoms. The normalized spacial score (nSPS) is 21.7. The molecular formula is C62H109N17O16. The van der Waals surface area contributed by atoms with E-state index in [0.29, 0.717) is 25.2 Å². The van der Waals surface area contributed by atoms with Crippen molar-refractivity contribution in [2.45, 2.75) is 210 Å². The molecule has 2 rings (SSSR count). The van der Waals surface area contributed by atoms with Crippen molar-refractivity contribution in [3.63, 3.8) is 0 Å². The van der Waals surface area contributed by atoms with Crippen LogP contribution in [0.2, 0.25) is 0 Å². The maximum absolute atomic E-state index is 14.7.